The largest absolute Gasteiger partial charge is 0.461 e. The van der Waals surface area contributed by atoms with Crippen molar-refractivity contribution in [2.24, 2.45) is 5.92 Å². The van der Waals surface area contributed by atoms with Gasteiger partial charge in [-0.15, -0.1) is 0 Å². The number of aldehydes is 1. The fraction of sp³-hybridized carbons (Fsp3) is 0.333. The fourth-order valence-corrected chi connectivity index (χ4v) is 1.11. The first-order valence-electron chi connectivity index (χ1n) is 4.87. The van der Waals surface area contributed by atoms with Crippen LogP contribution in [0, 0.1) is 5.92 Å². The minimum absolute atomic E-state index is 0.149. The minimum Gasteiger partial charge on any atom is -0.461 e. The summed E-state index contributed by atoms with van der Waals surface area (Å²) in [4.78, 5) is 21.5. The molecule has 0 aliphatic heterocycles. The monoisotopic (exact) mass is 206 g/mol. The van der Waals surface area contributed by atoms with Gasteiger partial charge in [-0.3, -0.25) is 4.79 Å². The van der Waals surface area contributed by atoms with Crippen molar-refractivity contribution >= 4 is 12.3 Å². The molecule has 0 aliphatic rings. The topological polar surface area (TPSA) is 43.4 Å². The summed E-state index contributed by atoms with van der Waals surface area (Å²) in [5.74, 6) is -0.605. The standard InChI is InChI=1S/C12H14O3/c1-10(8-13)7-12(14)15-9-11-5-3-2-4-6-11/h2-6,8,10H,7,9H2,1H3. The van der Waals surface area contributed by atoms with Gasteiger partial charge < -0.3 is 9.53 Å². The SMILES string of the molecule is CC(C=O)CC(=O)OCc1ccccc1. The first-order chi connectivity index (χ1) is 7.22. The number of esters is 1. The molecule has 0 amide bonds. The van der Waals surface area contributed by atoms with Gasteiger partial charge in [0.15, 0.2) is 0 Å². The van der Waals surface area contributed by atoms with E-state index in [1.807, 2.05) is 30.3 Å². The molecule has 0 saturated carbocycles. The molecule has 1 unspecified atom stereocenters. The summed E-state index contributed by atoms with van der Waals surface area (Å²) in [5, 5.41) is 0. The third-order valence-electron chi connectivity index (χ3n) is 1.96. The first-order valence-corrected chi connectivity index (χ1v) is 4.87. The van der Waals surface area contributed by atoms with Crippen molar-refractivity contribution in [2.75, 3.05) is 0 Å². The quantitative estimate of drug-likeness (QED) is 0.546. The highest BCUT2D eigenvalue weighted by molar-refractivity contribution is 5.73. The van der Waals surface area contributed by atoms with E-state index in [0.717, 1.165) is 11.8 Å². The summed E-state index contributed by atoms with van der Waals surface area (Å²) in [5.41, 5.74) is 0.949. The summed E-state index contributed by atoms with van der Waals surface area (Å²) in [6.45, 7) is 1.96. The highest BCUT2D eigenvalue weighted by atomic mass is 16.5. The molecule has 3 heteroatoms. The van der Waals surface area contributed by atoms with Crippen LogP contribution in [0.15, 0.2) is 30.3 Å². The Bertz CT molecular complexity index is 319. The van der Waals surface area contributed by atoms with Gasteiger partial charge in [0.2, 0.25) is 0 Å². The van der Waals surface area contributed by atoms with Crippen LogP contribution in [0.5, 0.6) is 0 Å². The van der Waals surface area contributed by atoms with E-state index in [2.05, 4.69) is 0 Å². The Kier molecular flexibility index (Phi) is 4.54. The van der Waals surface area contributed by atoms with E-state index in [-0.39, 0.29) is 24.9 Å². The van der Waals surface area contributed by atoms with E-state index in [9.17, 15) is 9.59 Å². The maximum Gasteiger partial charge on any atom is 0.306 e. The summed E-state index contributed by atoms with van der Waals surface area (Å²) in [7, 11) is 0. The second kappa shape index (κ2) is 5.96. The molecule has 0 bridgehead atoms. The molecule has 3 nitrogen and oxygen atoms in total. The molecular formula is C12H14O3. The van der Waals surface area contributed by atoms with Gasteiger partial charge in [-0.25, -0.2) is 0 Å². The Morgan fingerprint density at radius 2 is 2.07 bits per heavy atom. The first kappa shape index (κ1) is 11.4. The van der Waals surface area contributed by atoms with Crippen molar-refractivity contribution < 1.29 is 14.3 Å². The van der Waals surface area contributed by atoms with Crippen molar-refractivity contribution in [1.29, 1.82) is 0 Å². The van der Waals surface area contributed by atoms with E-state index in [0.29, 0.717) is 0 Å². The normalized spacial score (nSPS) is 11.8. The molecule has 0 fully saturated rings. The van der Waals surface area contributed by atoms with Crippen LogP contribution >= 0.6 is 0 Å². The lowest BCUT2D eigenvalue weighted by atomic mass is 10.1. The third-order valence-corrected chi connectivity index (χ3v) is 1.96. The van der Waals surface area contributed by atoms with Gasteiger partial charge in [0.25, 0.3) is 0 Å². The lowest BCUT2D eigenvalue weighted by molar-refractivity contribution is -0.146. The maximum absolute atomic E-state index is 11.2. The van der Waals surface area contributed by atoms with Crippen molar-refractivity contribution in [2.45, 2.75) is 20.0 Å². The van der Waals surface area contributed by atoms with Crippen LogP contribution in [-0.4, -0.2) is 12.3 Å². The van der Waals surface area contributed by atoms with Gasteiger partial charge >= 0.3 is 5.97 Å². The van der Waals surface area contributed by atoms with Crippen LogP contribution in [0.4, 0.5) is 0 Å². The van der Waals surface area contributed by atoms with Crippen molar-refractivity contribution in [3.63, 3.8) is 0 Å². The third kappa shape index (κ3) is 4.40. The number of ether oxygens (including phenoxy) is 1. The molecule has 0 aromatic heterocycles. The van der Waals surface area contributed by atoms with Crippen molar-refractivity contribution in [1.82, 2.24) is 0 Å². The maximum atomic E-state index is 11.2. The van der Waals surface area contributed by atoms with Gasteiger partial charge in [0.05, 0.1) is 6.42 Å². The zero-order valence-electron chi connectivity index (χ0n) is 8.68. The van der Waals surface area contributed by atoms with Crippen LogP contribution < -0.4 is 0 Å². The molecule has 15 heavy (non-hydrogen) atoms. The van der Waals surface area contributed by atoms with Crippen LogP contribution in [0.25, 0.3) is 0 Å². The Hall–Kier alpha value is -1.64. The number of hydrogen-bond donors (Lipinski definition) is 0. The zero-order valence-corrected chi connectivity index (χ0v) is 8.68. The van der Waals surface area contributed by atoms with Crippen LogP contribution in [0.3, 0.4) is 0 Å². The molecule has 80 valence electrons. The van der Waals surface area contributed by atoms with Crippen molar-refractivity contribution in [3.05, 3.63) is 35.9 Å². The van der Waals surface area contributed by atoms with Crippen LogP contribution in [0.2, 0.25) is 0 Å². The Labute approximate surface area is 89.1 Å². The van der Waals surface area contributed by atoms with E-state index in [4.69, 9.17) is 4.74 Å². The number of carbonyl (C=O) groups is 2. The Morgan fingerprint density at radius 3 is 2.67 bits per heavy atom. The van der Waals surface area contributed by atoms with Crippen LogP contribution in [0.1, 0.15) is 18.9 Å². The van der Waals surface area contributed by atoms with Gasteiger partial charge in [0, 0.05) is 5.92 Å². The van der Waals surface area contributed by atoms with Crippen LogP contribution in [-0.2, 0) is 20.9 Å². The second-order valence-corrected chi connectivity index (χ2v) is 3.46. The summed E-state index contributed by atoms with van der Waals surface area (Å²) in [6.07, 6.45) is 0.903. The summed E-state index contributed by atoms with van der Waals surface area (Å²) in [6, 6.07) is 9.45. The van der Waals surface area contributed by atoms with Crippen molar-refractivity contribution in [3.8, 4) is 0 Å². The molecular weight excluding hydrogens is 192 g/mol. The van der Waals surface area contributed by atoms with E-state index < -0.39 is 0 Å². The van der Waals surface area contributed by atoms with E-state index in [1.165, 1.54) is 0 Å². The smallest absolute Gasteiger partial charge is 0.306 e. The molecule has 0 N–H and O–H groups in total. The molecule has 1 atom stereocenters. The molecule has 1 aromatic carbocycles. The highest BCUT2D eigenvalue weighted by Gasteiger charge is 2.08. The van der Waals surface area contributed by atoms with E-state index >= 15 is 0 Å². The van der Waals surface area contributed by atoms with Gasteiger partial charge in [-0.05, 0) is 5.56 Å². The molecule has 0 heterocycles. The molecule has 0 aliphatic carbocycles. The average Bonchev–Trinajstić information content (AvgIpc) is 2.27. The molecule has 1 rings (SSSR count). The minimum atomic E-state index is -0.335. The Balaban J connectivity index is 2.31. The predicted octanol–water partition coefficient (Wildman–Crippen LogP) is 1.95. The highest BCUT2D eigenvalue weighted by Crippen LogP contribution is 2.04. The van der Waals surface area contributed by atoms with E-state index in [1.54, 1.807) is 6.92 Å². The molecule has 0 saturated heterocycles. The molecule has 1 aromatic rings. The fourth-order valence-electron chi connectivity index (χ4n) is 1.11. The summed E-state index contributed by atoms with van der Waals surface area (Å²) < 4.78 is 5.00. The Morgan fingerprint density at radius 1 is 1.40 bits per heavy atom. The van der Waals surface area contributed by atoms with Gasteiger partial charge in [0.1, 0.15) is 12.9 Å². The second-order valence-electron chi connectivity index (χ2n) is 3.46. The summed E-state index contributed by atoms with van der Waals surface area (Å²) >= 11 is 0. The predicted molar refractivity (Wildman–Crippen MR) is 56.1 cm³/mol. The lowest BCUT2D eigenvalue weighted by Gasteiger charge is -2.05. The molecule has 0 spiro atoms. The number of rotatable bonds is 5. The van der Waals surface area contributed by atoms with Gasteiger partial charge in [-0.2, -0.15) is 0 Å². The van der Waals surface area contributed by atoms with Gasteiger partial charge in [-0.1, -0.05) is 37.3 Å². The zero-order chi connectivity index (χ0) is 11.1. The molecule has 0 radical (unpaired) electrons. The number of hydrogen-bond acceptors (Lipinski definition) is 3. The average molecular weight is 206 g/mol. The lowest BCUT2D eigenvalue weighted by Crippen LogP contribution is -2.10. The number of carbonyl (C=O) groups excluding carboxylic acids is 2. The number of benzene rings is 1.